The van der Waals surface area contributed by atoms with Crippen LogP contribution in [0.3, 0.4) is 0 Å². The van der Waals surface area contributed by atoms with Gasteiger partial charge in [0.2, 0.25) is 0 Å². The molecule has 0 spiro atoms. The highest BCUT2D eigenvalue weighted by Gasteiger charge is 2.19. The van der Waals surface area contributed by atoms with E-state index in [2.05, 4.69) is 11.4 Å². The van der Waals surface area contributed by atoms with Gasteiger partial charge in [-0.25, -0.2) is 0 Å². The Morgan fingerprint density at radius 2 is 2.29 bits per heavy atom. The van der Waals surface area contributed by atoms with E-state index in [9.17, 15) is 0 Å². The zero-order valence-corrected chi connectivity index (χ0v) is 9.18. The molecule has 2 heterocycles. The number of hydrogen-bond donors (Lipinski definition) is 0. The first-order valence-corrected chi connectivity index (χ1v) is 5.85. The molecule has 1 aromatic heterocycles. The van der Waals surface area contributed by atoms with E-state index >= 15 is 0 Å². The minimum atomic E-state index is -0.154. The summed E-state index contributed by atoms with van der Waals surface area (Å²) >= 11 is 7.21. The second-order valence-corrected chi connectivity index (χ2v) is 4.16. The minimum Gasteiger partial charge on any atom is -0.345 e. The molecule has 4 heteroatoms. The van der Waals surface area contributed by atoms with Crippen LogP contribution in [0, 0.1) is 0 Å². The number of allylic oxidation sites excluding steroid dienone is 1. The van der Waals surface area contributed by atoms with E-state index in [1.54, 1.807) is 11.3 Å². The summed E-state index contributed by atoms with van der Waals surface area (Å²) in [4.78, 5) is 1.12. The Morgan fingerprint density at radius 3 is 3.00 bits per heavy atom. The van der Waals surface area contributed by atoms with E-state index in [4.69, 9.17) is 21.1 Å². The minimum absolute atomic E-state index is 0.154. The largest absolute Gasteiger partial charge is 0.345 e. The highest BCUT2D eigenvalue weighted by molar-refractivity contribution is 7.10. The summed E-state index contributed by atoms with van der Waals surface area (Å²) in [6.07, 6.45) is 3.77. The number of rotatable bonds is 3. The molecule has 14 heavy (non-hydrogen) atoms. The quantitative estimate of drug-likeness (QED) is 0.744. The lowest BCUT2D eigenvalue weighted by Crippen LogP contribution is -1.93. The SMILES string of the molecule is ClCC=Cc1csc(C2OCCO2)c1. The van der Waals surface area contributed by atoms with Crippen molar-refractivity contribution in [2.24, 2.45) is 0 Å². The molecule has 2 rings (SSSR count). The van der Waals surface area contributed by atoms with Gasteiger partial charge in [-0.1, -0.05) is 12.2 Å². The zero-order chi connectivity index (χ0) is 9.80. The monoisotopic (exact) mass is 230 g/mol. The summed E-state index contributed by atoms with van der Waals surface area (Å²) in [5.41, 5.74) is 1.16. The van der Waals surface area contributed by atoms with Gasteiger partial charge in [0, 0.05) is 5.88 Å². The van der Waals surface area contributed by atoms with Gasteiger partial charge < -0.3 is 9.47 Å². The molecule has 1 aliphatic heterocycles. The smallest absolute Gasteiger partial charge is 0.193 e. The second kappa shape index (κ2) is 4.94. The third-order valence-corrected chi connectivity index (χ3v) is 3.04. The maximum atomic E-state index is 5.55. The van der Waals surface area contributed by atoms with Crippen molar-refractivity contribution in [3.63, 3.8) is 0 Å². The number of thiophene rings is 1. The molecule has 1 fully saturated rings. The lowest BCUT2D eigenvalue weighted by atomic mass is 10.3. The molecule has 1 saturated heterocycles. The van der Waals surface area contributed by atoms with Crippen LogP contribution < -0.4 is 0 Å². The average molecular weight is 231 g/mol. The fraction of sp³-hybridized carbons (Fsp3) is 0.400. The van der Waals surface area contributed by atoms with Gasteiger partial charge in [-0.3, -0.25) is 0 Å². The third-order valence-electron chi connectivity index (χ3n) is 1.89. The van der Waals surface area contributed by atoms with Crippen LogP contribution in [0.1, 0.15) is 16.7 Å². The fourth-order valence-corrected chi connectivity index (χ4v) is 2.24. The van der Waals surface area contributed by atoms with Crippen LogP contribution in [-0.2, 0) is 9.47 Å². The summed E-state index contributed by atoms with van der Waals surface area (Å²) < 4.78 is 10.8. The van der Waals surface area contributed by atoms with Crippen molar-refractivity contribution >= 4 is 29.0 Å². The van der Waals surface area contributed by atoms with Crippen LogP contribution in [0.5, 0.6) is 0 Å². The average Bonchev–Trinajstić information content (AvgIpc) is 2.85. The molecule has 2 nitrogen and oxygen atoms in total. The Morgan fingerprint density at radius 1 is 1.50 bits per heavy atom. The van der Waals surface area contributed by atoms with Crippen LogP contribution in [0.15, 0.2) is 17.5 Å². The summed E-state index contributed by atoms with van der Waals surface area (Å²) in [7, 11) is 0. The lowest BCUT2D eigenvalue weighted by molar-refractivity contribution is -0.0413. The normalized spacial score (nSPS) is 18.4. The van der Waals surface area contributed by atoms with E-state index in [-0.39, 0.29) is 6.29 Å². The Hall–Kier alpha value is -0.350. The van der Waals surface area contributed by atoms with Gasteiger partial charge in [-0.15, -0.1) is 22.9 Å². The Labute approximate surface area is 92.1 Å². The fourth-order valence-electron chi connectivity index (χ4n) is 1.28. The maximum absolute atomic E-state index is 5.55. The number of hydrogen-bond acceptors (Lipinski definition) is 3. The summed E-state index contributed by atoms with van der Waals surface area (Å²) in [6, 6.07) is 2.07. The second-order valence-electron chi connectivity index (χ2n) is 2.91. The predicted octanol–water partition coefficient (Wildman–Crippen LogP) is 3.05. The van der Waals surface area contributed by atoms with Crippen LogP contribution in [-0.4, -0.2) is 19.1 Å². The van der Waals surface area contributed by atoms with Crippen molar-refractivity contribution in [1.29, 1.82) is 0 Å². The summed E-state index contributed by atoms with van der Waals surface area (Å²) in [5, 5.41) is 2.07. The first-order chi connectivity index (χ1) is 6.90. The molecule has 0 unspecified atom stereocenters. The Kier molecular flexibility index (Phi) is 3.59. The lowest BCUT2D eigenvalue weighted by Gasteiger charge is -2.04. The van der Waals surface area contributed by atoms with Gasteiger partial charge in [-0.05, 0) is 17.0 Å². The standard InChI is InChI=1S/C10H11ClO2S/c11-3-1-2-8-6-9(14-7-8)10-12-4-5-13-10/h1-2,6-7,10H,3-5H2. The van der Waals surface area contributed by atoms with Gasteiger partial charge in [0.05, 0.1) is 18.1 Å². The van der Waals surface area contributed by atoms with Crippen molar-refractivity contribution in [3.05, 3.63) is 28.0 Å². The van der Waals surface area contributed by atoms with Gasteiger partial charge in [0.25, 0.3) is 0 Å². The molecule has 0 saturated carbocycles. The molecule has 0 bridgehead atoms. The van der Waals surface area contributed by atoms with E-state index in [1.807, 2.05) is 12.2 Å². The maximum Gasteiger partial charge on any atom is 0.193 e. The van der Waals surface area contributed by atoms with Gasteiger partial charge in [-0.2, -0.15) is 0 Å². The molecule has 1 aromatic rings. The highest BCUT2D eigenvalue weighted by Crippen LogP contribution is 2.29. The Balaban J connectivity index is 2.05. The molecule has 0 N–H and O–H groups in total. The number of ether oxygens (including phenoxy) is 2. The number of halogens is 1. The van der Waals surface area contributed by atoms with Crippen molar-refractivity contribution in [1.82, 2.24) is 0 Å². The molecule has 0 amide bonds. The van der Waals surface area contributed by atoms with Crippen molar-refractivity contribution in [3.8, 4) is 0 Å². The molecule has 0 radical (unpaired) electrons. The van der Waals surface area contributed by atoms with Gasteiger partial charge in [0.1, 0.15) is 0 Å². The first kappa shape index (κ1) is 10.2. The molecule has 76 valence electrons. The molecule has 0 atom stereocenters. The van der Waals surface area contributed by atoms with E-state index in [1.165, 1.54) is 0 Å². The van der Waals surface area contributed by atoms with Crippen LogP contribution >= 0.6 is 22.9 Å². The molecule has 0 aliphatic carbocycles. The first-order valence-electron chi connectivity index (χ1n) is 4.44. The number of alkyl halides is 1. The van der Waals surface area contributed by atoms with Gasteiger partial charge >= 0.3 is 0 Å². The topological polar surface area (TPSA) is 18.5 Å². The predicted molar refractivity (Wildman–Crippen MR) is 58.7 cm³/mol. The van der Waals surface area contributed by atoms with Gasteiger partial charge in [0.15, 0.2) is 6.29 Å². The molecule has 1 aliphatic rings. The zero-order valence-electron chi connectivity index (χ0n) is 7.61. The third kappa shape index (κ3) is 2.36. The highest BCUT2D eigenvalue weighted by atomic mass is 35.5. The van der Waals surface area contributed by atoms with E-state index in [0.29, 0.717) is 19.1 Å². The van der Waals surface area contributed by atoms with Crippen LogP contribution in [0.2, 0.25) is 0 Å². The molecule has 0 aromatic carbocycles. The Bertz CT molecular complexity index is 316. The van der Waals surface area contributed by atoms with E-state index in [0.717, 1.165) is 10.4 Å². The van der Waals surface area contributed by atoms with Crippen molar-refractivity contribution < 1.29 is 9.47 Å². The van der Waals surface area contributed by atoms with E-state index < -0.39 is 0 Å². The van der Waals surface area contributed by atoms with Crippen molar-refractivity contribution in [2.45, 2.75) is 6.29 Å². The van der Waals surface area contributed by atoms with Crippen LogP contribution in [0.25, 0.3) is 6.08 Å². The molecular weight excluding hydrogens is 220 g/mol. The van der Waals surface area contributed by atoms with Crippen molar-refractivity contribution in [2.75, 3.05) is 19.1 Å². The van der Waals surface area contributed by atoms with Crippen LogP contribution in [0.4, 0.5) is 0 Å². The summed E-state index contributed by atoms with van der Waals surface area (Å²) in [5.74, 6) is 0.543. The summed E-state index contributed by atoms with van der Waals surface area (Å²) in [6.45, 7) is 1.38. The molecular formula is C10H11ClO2S.